The van der Waals surface area contributed by atoms with Crippen LogP contribution in [0, 0.1) is 0 Å². The quantitative estimate of drug-likeness (QED) is 0.608. The highest BCUT2D eigenvalue weighted by Crippen LogP contribution is 2.21. The second kappa shape index (κ2) is 8.07. The van der Waals surface area contributed by atoms with E-state index < -0.39 is 22.0 Å². The van der Waals surface area contributed by atoms with E-state index >= 15 is 0 Å². The molecule has 2 amide bonds. The Balaban J connectivity index is 2.34. The molecule has 1 atom stereocenters. The molecule has 0 radical (unpaired) electrons. The summed E-state index contributed by atoms with van der Waals surface area (Å²) in [7, 11) is -4.12. The number of hydrogen-bond donors (Lipinski definition) is 3. The Morgan fingerprint density at radius 2 is 1.83 bits per heavy atom. The maximum absolute atomic E-state index is 12.4. The number of amides is 2. The number of nitrogens with one attached hydrogen (secondary N) is 2. The van der Waals surface area contributed by atoms with Crippen LogP contribution in [-0.4, -0.2) is 26.3 Å². The Morgan fingerprint density at radius 1 is 1.08 bits per heavy atom. The lowest BCUT2D eigenvalue weighted by molar-refractivity contribution is -0.120. The molecule has 2 rings (SSSR count). The molecule has 4 N–H and O–H groups in total. The van der Waals surface area contributed by atoms with Gasteiger partial charge in [-0.3, -0.25) is 9.59 Å². The highest BCUT2D eigenvalue weighted by atomic mass is 32.2. The van der Waals surface area contributed by atoms with Crippen LogP contribution in [-0.2, 0) is 19.6 Å². The maximum Gasteiger partial charge on any atom is 0.266 e. The van der Waals surface area contributed by atoms with Gasteiger partial charge in [-0.15, -0.1) is 0 Å². The normalized spacial score (nSPS) is 23.8. The average molecular weight is 351 g/mol. The third kappa shape index (κ3) is 4.90. The van der Waals surface area contributed by atoms with E-state index in [4.69, 9.17) is 5.73 Å². The molecule has 1 aromatic carbocycles. The van der Waals surface area contributed by atoms with Crippen LogP contribution >= 0.6 is 0 Å². The second-order valence-corrected chi connectivity index (χ2v) is 7.22. The standard InChI is InChI=1S/C16H21N3O4S/c17-12-8-4-2-1-3-5-11-15(20)18-13-9-6-7-10-14(13)24(22,23)19-16(12)21/h2,4,6-7,9-10,12H,1,3,5,8,11,17H2,(H,18,20)(H,19,21)/b4-2-. The van der Waals surface area contributed by atoms with Gasteiger partial charge in [-0.1, -0.05) is 24.3 Å². The number of para-hydroxylation sites is 1. The van der Waals surface area contributed by atoms with Crippen molar-refractivity contribution in [1.29, 1.82) is 0 Å². The van der Waals surface area contributed by atoms with Gasteiger partial charge in [0.05, 0.1) is 11.7 Å². The van der Waals surface area contributed by atoms with E-state index in [9.17, 15) is 18.0 Å². The van der Waals surface area contributed by atoms with Gasteiger partial charge in [0.25, 0.3) is 15.9 Å². The Kier molecular flexibility index (Phi) is 6.10. The zero-order chi connectivity index (χ0) is 17.6. The van der Waals surface area contributed by atoms with Crippen molar-refractivity contribution in [2.24, 2.45) is 5.73 Å². The molecule has 0 fully saturated rings. The van der Waals surface area contributed by atoms with Crippen LogP contribution in [0.5, 0.6) is 0 Å². The van der Waals surface area contributed by atoms with Gasteiger partial charge in [-0.05, 0) is 37.8 Å². The Hall–Kier alpha value is -2.19. The van der Waals surface area contributed by atoms with E-state index in [0.29, 0.717) is 12.8 Å². The number of benzene rings is 1. The number of carbonyl (C=O) groups excluding carboxylic acids is 2. The van der Waals surface area contributed by atoms with E-state index in [2.05, 4.69) is 5.32 Å². The van der Waals surface area contributed by atoms with Crippen LogP contribution in [0.2, 0.25) is 0 Å². The predicted octanol–water partition coefficient (Wildman–Crippen LogP) is 1.28. The summed E-state index contributed by atoms with van der Waals surface area (Å²) < 4.78 is 26.8. The molecule has 1 heterocycles. The average Bonchev–Trinajstić information content (AvgIpc) is 2.53. The van der Waals surface area contributed by atoms with Crippen LogP contribution in [0.15, 0.2) is 41.3 Å². The van der Waals surface area contributed by atoms with Gasteiger partial charge in [0.15, 0.2) is 0 Å². The van der Waals surface area contributed by atoms with Gasteiger partial charge in [-0.2, -0.15) is 0 Å². The topological polar surface area (TPSA) is 118 Å². The summed E-state index contributed by atoms with van der Waals surface area (Å²) in [4.78, 5) is 23.8. The molecule has 0 saturated heterocycles. The molecule has 1 aliphatic rings. The molecule has 0 spiro atoms. The van der Waals surface area contributed by atoms with Crippen LogP contribution in [0.1, 0.15) is 32.1 Å². The third-order valence-electron chi connectivity index (χ3n) is 3.60. The minimum atomic E-state index is -4.12. The van der Waals surface area contributed by atoms with Gasteiger partial charge in [0.1, 0.15) is 4.90 Å². The molecular weight excluding hydrogens is 330 g/mol. The number of allylic oxidation sites excluding steroid dienone is 1. The van der Waals surface area contributed by atoms with E-state index in [1.54, 1.807) is 12.1 Å². The van der Waals surface area contributed by atoms with Gasteiger partial charge in [0.2, 0.25) is 5.91 Å². The van der Waals surface area contributed by atoms with Gasteiger partial charge in [0, 0.05) is 6.42 Å². The molecule has 7 nitrogen and oxygen atoms in total. The first-order valence-electron chi connectivity index (χ1n) is 7.76. The molecule has 0 aliphatic carbocycles. The lowest BCUT2D eigenvalue weighted by Crippen LogP contribution is -2.43. The lowest BCUT2D eigenvalue weighted by Gasteiger charge is -2.14. The van der Waals surface area contributed by atoms with Crippen molar-refractivity contribution >= 4 is 27.5 Å². The largest absolute Gasteiger partial charge is 0.325 e. The van der Waals surface area contributed by atoms with Crippen LogP contribution < -0.4 is 15.8 Å². The summed E-state index contributed by atoms with van der Waals surface area (Å²) in [5.41, 5.74) is 5.87. The molecule has 0 saturated carbocycles. The third-order valence-corrected chi connectivity index (χ3v) is 5.01. The van der Waals surface area contributed by atoms with Gasteiger partial charge >= 0.3 is 0 Å². The zero-order valence-electron chi connectivity index (χ0n) is 13.2. The van der Waals surface area contributed by atoms with Crippen molar-refractivity contribution in [2.45, 2.75) is 43.0 Å². The molecule has 8 heteroatoms. The summed E-state index contributed by atoms with van der Waals surface area (Å²) in [6, 6.07) is 4.99. The molecule has 0 aromatic heterocycles. The number of carbonyl (C=O) groups is 2. The fraction of sp³-hybridized carbons (Fsp3) is 0.375. The van der Waals surface area contributed by atoms with Crippen molar-refractivity contribution in [3.63, 3.8) is 0 Å². The first-order chi connectivity index (χ1) is 11.4. The van der Waals surface area contributed by atoms with Crippen molar-refractivity contribution < 1.29 is 18.0 Å². The Bertz CT molecular complexity index is 743. The first kappa shape index (κ1) is 18.2. The molecule has 130 valence electrons. The van der Waals surface area contributed by atoms with Crippen molar-refractivity contribution in [3.05, 3.63) is 36.4 Å². The fourth-order valence-corrected chi connectivity index (χ4v) is 3.49. The van der Waals surface area contributed by atoms with Gasteiger partial charge < -0.3 is 11.1 Å². The molecule has 1 aromatic rings. The highest BCUT2D eigenvalue weighted by molar-refractivity contribution is 7.90. The van der Waals surface area contributed by atoms with E-state index in [1.165, 1.54) is 18.2 Å². The number of hydrogen-bond acceptors (Lipinski definition) is 5. The number of sulfonamides is 1. The molecule has 1 aliphatic heterocycles. The van der Waals surface area contributed by atoms with Crippen LogP contribution in [0.3, 0.4) is 0 Å². The van der Waals surface area contributed by atoms with E-state index in [-0.39, 0.29) is 22.9 Å². The smallest absolute Gasteiger partial charge is 0.266 e. The maximum atomic E-state index is 12.4. The van der Waals surface area contributed by atoms with Crippen LogP contribution in [0.25, 0.3) is 0 Å². The summed E-state index contributed by atoms with van der Waals surface area (Å²) in [5.74, 6) is -1.05. The van der Waals surface area contributed by atoms with Gasteiger partial charge in [-0.25, -0.2) is 13.1 Å². The molecule has 24 heavy (non-hydrogen) atoms. The van der Waals surface area contributed by atoms with Crippen molar-refractivity contribution in [2.75, 3.05) is 5.32 Å². The van der Waals surface area contributed by atoms with E-state index in [0.717, 1.165) is 12.8 Å². The fourth-order valence-electron chi connectivity index (χ4n) is 2.30. The number of anilines is 1. The van der Waals surface area contributed by atoms with E-state index in [1.807, 2.05) is 10.8 Å². The van der Waals surface area contributed by atoms with Crippen LogP contribution in [0.4, 0.5) is 5.69 Å². The number of fused-ring (bicyclic) bond motifs is 1. The van der Waals surface area contributed by atoms with Crippen molar-refractivity contribution in [1.82, 2.24) is 4.72 Å². The summed E-state index contributed by atoms with van der Waals surface area (Å²) in [6.07, 6.45) is 6.48. The monoisotopic (exact) mass is 351 g/mol. The van der Waals surface area contributed by atoms with Crippen molar-refractivity contribution in [3.8, 4) is 0 Å². The summed E-state index contributed by atoms with van der Waals surface area (Å²) in [5, 5.41) is 2.59. The summed E-state index contributed by atoms with van der Waals surface area (Å²) in [6.45, 7) is 0. The number of rotatable bonds is 0. The minimum Gasteiger partial charge on any atom is -0.325 e. The minimum absolute atomic E-state index is 0.143. The SMILES string of the molecule is NC1C/C=C\CCCCC(=O)Nc2ccccc2S(=O)(=O)NC1=O. The zero-order valence-corrected chi connectivity index (χ0v) is 14.0. The Morgan fingerprint density at radius 3 is 2.62 bits per heavy atom. The molecule has 1 unspecified atom stereocenters. The summed E-state index contributed by atoms with van der Waals surface area (Å²) >= 11 is 0. The number of nitrogens with two attached hydrogens (primary N) is 1. The Labute approximate surface area is 141 Å². The lowest BCUT2D eigenvalue weighted by atomic mass is 10.1. The molecule has 0 bridgehead atoms. The molecular formula is C16H21N3O4S. The highest BCUT2D eigenvalue weighted by Gasteiger charge is 2.24. The first-order valence-corrected chi connectivity index (χ1v) is 9.24. The second-order valence-electron chi connectivity index (χ2n) is 5.57. The predicted molar refractivity (Wildman–Crippen MR) is 90.6 cm³/mol.